The number of likely N-dealkylation sites (tertiary alicyclic amines) is 1. The Kier molecular flexibility index (Phi) is 3.83. The van der Waals surface area contributed by atoms with Gasteiger partial charge in [-0.2, -0.15) is 0 Å². The molecule has 1 aliphatic heterocycles. The maximum absolute atomic E-state index is 13.4. The summed E-state index contributed by atoms with van der Waals surface area (Å²) in [5.41, 5.74) is 5.81. The first-order valence-electron chi connectivity index (χ1n) is 7.63. The van der Waals surface area contributed by atoms with Gasteiger partial charge in [-0.3, -0.25) is 4.79 Å². The van der Waals surface area contributed by atoms with Crippen LogP contribution in [0.15, 0.2) is 12.1 Å². The molecular formula is C16H20F2N2O. The van der Waals surface area contributed by atoms with Gasteiger partial charge in [0.15, 0.2) is 11.6 Å². The zero-order valence-corrected chi connectivity index (χ0v) is 11.9. The lowest BCUT2D eigenvalue weighted by Gasteiger charge is -2.44. The van der Waals surface area contributed by atoms with Gasteiger partial charge in [-0.15, -0.1) is 0 Å². The third-order valence-electron chi connectivity index (χ3n) is 4.83. The number of fused-ring (bicyclic) bond motifs is 1. The number of benzene rings is 1. The van der Waals surface area contributed by atoms with Gasteiger partial charge in [0.05, 0.1) is 5.56 Å². The first kappa shape index (κ1) is 14.3. The van der Waals surface area contributed by atoms with Crippen molar-refractivity contribution in [1.29, 1.82) is 0 Å². The molecule has 1 saturated carbocycles. The van der Waals surface area contributed by atoms with Gasteiger partial charge in [-0.05, 0) is 37.7 Å². The van der Waals surface area contributed by atoms with Gasteiger partial charge in [0.25, 0.3) is 5.91 Å². The number of piperidine rings is 1. The minimum atomic E-state index is -1.02. The molecule has 0 unspecified atom stereocenters. The van der Waals surface area contributed by atoms with Crippen LogP contribution in [-0.2, 0) is 0 Å². The second kappa shape index (κ2) is 5.62. The standard InChI is InChI=1S/C16H20F2N2O/c17-12-8-11(14(19)9-13(12)18)16(21)20-7-3-5-10-4-1-2-6-15(10)20/h8-10,15H,1-7,19H2/t10-,15-/m1/s1. The highest BCUT2D eigenvalue weighted by atomic mass is 19.2. The molecule has 0 bridgehead atoms. The molecule has 1 aromatic rings. The Bertz CT molecular complexity index is 559. The molecule has 2 aliphatic rings. The van der Waals surface area contributed by atoms with E-state index in [2.05, 4.69) is 0 Å². The van der Waals surface area contributed by atoms with Crippen LogP contribution in [0.1, 0.15) is 48.9 Å². The molecule has 5 heteroatoms. The summed E-state index contributed by atoms with van der Waals surface area (Å²) < 4.78 is 26.6. The molecule has 2 fully saturated rings. The first-order valence-corrected chi connectivity index (χ1v) is 7.63. The monoisotopic (exact) mass is 294 g/mol. The van der Waals surface area contributed by atoms with E-state index in [0.29, 0.717) is 12.5 Å². The highest BCUT2D eigenvalue weighted by Gasteiger charge is 2.36. The van der Waals surface area contributed by atoms with E-state index in [1.54, 1.807) is 0 Å². The van der Waals surface area contributed by atoms with Gasteiger partial charge >= 0.3 is 0 Å². The molecule has 114 valence electrons. The van der Waals surface area contributed by atoms with Gasteiger partial charge in [0.1, 0.15) is 0 Å². The topological polar surface area (TPSA) is 46.3 Å². The summed E-state index contributed by atoms with van der Waals surface area (Å²) in [6.07, 6.45) is 6.62. The van der Waals surface area contributed by atoms with Crippen LogP contribution in [0.25, 0.3) is 0 Å². The zero-order chi connectivity index (χ0) is 15.0. The highest BCUT2D eigenvalue weighted by Crippen LogP contribution is 2.36. The summed E-state index contributed by atoms with van der Waals surface area (Å²) in [7, 11) is 0. The molecule has 1 aliphatic carbocycles. The quantitative estimate of drug-likeness (QED) is 0.807. The third-order valence-corrected chi connectivity index (χ3v) is 4.83. The lowest BCUT2D eigenvalue weighted by Crippen LogP contribution is -2.49. The number of carbonyl (C=O) groups excluding carboxylic acids is 1. The Morgan fingerprint density at radius 1 is 1.10 bits per heavy atom. The normalized spacial score (nSPS) is 25.5. The second-order valence-corrected chi connectivity index (χ2v) is 6.11. The van der Waals surface area contributed by atoms with Crippen LogP contribution in [0.5, 0.6) is 0 Å². The van der Waals surface area contributed by atoms with E-state index in [-0.39, 0.29) is 23.2 Å². The third kappa shape index (κ3) is 2.61. The molecule has 3 rings (SSSR count). The van der Waals surface area contributed by atoms with E-state index in [0.717, 1.165) is 44.2 Å². The van der Waals surface area contributed by atoms with Gasteiger partial charge in [0, 0.05) is 24.3 Å². The van der Waals surface area contributed by atoms with E-state index < -0.39 is 11.6 Å². The fraction of sp³-hybridized carbons (Fsp3) is 0.562. The van der Waals surface area contributed by atoms with Crippen LogP contribution in [-0.4, -0.2) is 23.4 Å². The number of nitrogen functional groups attached to an aromatic ring is 1. The van der Waals surface area contributed by atoms with Gasteiger partial charge in [-0.1, -0.05) is 12.8 Å². The summed E-state index contributed by atoms with van der Waals surface area (Å²) >= 11 is 0. The summed E-state index contributed by atoms with van der Waals surface area (Å²) in [5, 5.41) is 0. The fourth-order valence-electron chi connectivity index (χ4n) is 3.78. The van der Waals surface area contributed by atoms with Crippen molar-refractivity contribution >= 4 is 11.6 Å². The smallest absolute Gasteiger partial charge is 0.256 e. The number of halogens is 2. The van der Waals surface area contributed by atoms with E-state index in [1.165, 1.54) is 6.42 Å². The minimum absolute atomic E-state index is 0.0110. The summed E-state index contributed by atoms with van der Waals surface area (Å²) in [6.45, 7) is 0.679. The van der Waals surface area contributed by atoms with Crippen molar-refractivity contribution in [3.8, 4) is 0 Å². The van der Waals surface area contributed by atoms with E-state index in [1.807, 2.05) is 4.90 Å². The molecule has 3 nitrogen and oxygen atoms in total. The Balaban J connectivity index is 1.88. The SMILES string of the molecule is Nc1cc(F)c(F)cc1C(=O)N1CCC[C@H]2CCCC[C@H]21. The van der Waals surface area contributed by atoms with Crippen LogP contribution in [0.2, 0.25) is 0 Å². The average Bonchev–Trinajstić information content (AvgIpc) is 2.49. The molecular weight excluding hydrogens is 274 g/mol. The maximum Gasteiger partial charge on any atom is 0.256 e. The van der Waals surface area contributed by atoms with Gasteiger partial charge in [-0.25, -0.2) is 8.78 Å². The van der Waals surface area contributed by atoms with Crippen molar-refractivity contribution < 1.29 is 13.6 Å². The molecule has 2 N–H and O–H groups in total. The zero-order valence-electron chi connectivity index (χ0n) is 11.9. The average molecular weight is 294 g/mol. The molecule has 1 saturated heterocycles. The Hall–Kier alpha value is -1.65. The first-order chi connectivity index (χ1) is 10.1. The number of amides is 1. The number of anilines is 1. The summed E-state index contributed by atoms with van der Waals surface area (Å²) in [5.74, 6) is -1.76. The molecule has 21 heavy (non-hydrogen) atoms. The lowest BCUT2D eigenvalue weighted by atomic mass is 9.78. The molecule has 1 heterocycles. The van der Waals surface area contributed by atoms with Crippen molar-refractivity contribution in [2.75, 3.05) is 12.3 Å². The predicted octanol–water partition coefficient (Wildman–Crippen LogP) is 3.34. The highest BCUT2D eigenvalue weighted by molar-refractivity contribution is 5.99. The minimum Gasteiger partial charge on any atom is -0.398 e. The van der Waals surface area contributed by atoms with Crippen molar-refractivity contribution in [2.24, 2.45) is 5.92 Å². The largest absolute Gasteiger partial charge is 0.398 e. The van der Waals surface area contributed by atoms with E-state index >= 15 is 0 Å². The van der Waals surface area contributed by atoms with E-state index in [4.69, 9.17) is 5.73 Å². The van der Waals surface area contributed by atoms with Gasteiger partial charge < -0.3 is 10.6 Å². The van der Waals surface area contributed by atoms with Crippen LogP contribution >= 0.6 is 0 Å². The Labute approximate surface area is 123 Å². The van der Waals surface area contributed by atoms with Crippen LogP contribution in [0.3, 0.4) is 0 Å². The molecule has 0 aromatic heterocycles. The molecule has 1 amide bonds. The van der Waals surface area contributed by atoms with Crippen LogP contribution in [0, 0.1) is 17.6 Å². The number of nitrogens with two attached hydrogens (primary N) is 1. The maximum atomic E-state index is 13.4. The molecule has 2 atom stereocenters. The molecule has 0 spiro atoms. The predicted molar refractivity (Wildman–Crippen MR) is 76.8 cm³/mol. The van der Waals surface area contributed by atoms with Crippen LogP contribution < -0.4 is 5.73 Å². The van der Waals surface area contributed by atoms with Crippen molar-refractivity contribution in [3.63, 3.8) is 0 Å². The van der Waals surface area contributed by atoms with Crippen molar-refractivity contribution in [1.82, 2.24) is 4.90 Å². The van der Waals surface area contributed by atoms with E-state index in [9.17, 15) is 13.6 Å². The summed E-state index contributed by atoms with van der Waals surface area (Å²) in [4.78, 5) is 14.5. The number of rotatable bonds is 1. The number of nitrogens with zero attached hydrogens (tertiary/aromatic N) is 1. The van der Waals surface area contributed by atoms with Crippen molar-refractivity contribution in [3.05, 3.63) is 29.3 Å². The Morgan fingerprint density at radius 2 is 1.76 bits per heavy atom. The lowest BCUT2D eigenvalue weighted by molar-refractivity contribution is 0.0391. The summed E-state index contributed by atoms with van der Waals surface area (Å²) in [6, 6.07) is 2.05. The molecule has 0 radical (unpaired) electrons. The van der Waals surface area contributed by atoms with Crippen LogP contribution in [0.4, 0.5) is 14.5 Å². The van der Waals surface area contributed by atoms with Gasteiger partial charge in [0.2, 0.25) is 0 Å². The second-order valence-electron chi connectivity index (χ2n) is 6.11. The number of hydrogen-bond acceptors (Lipinski definition) is 2. The fourth-order valence-corrected chi connectivity index (χ4v) is 3.78. The Morgan fingerprint density at radius 3 is 2.57 bits per heavy atom. The number of carbonyl (C=O) groups is 1. The number of hydrogen-bond donors (Lipinski definition) is 1. The molecule has 1 aromatic carbocycles. The van der Waals surface area contributed by atoms with Crippen molar-refractivity contribution in [2.45, 2.75) is 44.6 Å².